The Bertz CT molecular complexity index is 532. The van der Waals surface area contributed by atoms with Crippen LogP contribution < -0.4 is 4.90 Å². The van der Waals surface area contributed by atoms with Crippen LogP contribution in [-0.2, 0) is 17.6 Å². The van der Waals surface area contributed by atoms with Gasteiger partial charge in [-0.25, -0.2) is 0 Å². The normalized spacial score (nSPS) is 28.8. The minimum atomic E-state index is 0.122. The molecule has 2 heteroatoms. The van der Waals surface area contributed by atoms with E-state index in [2.05, 4.69) is 50.8 Å². The third-order valence-electron chi connectivity index (χ3n) is 4.59. The summed E-state index contributed by atoms with van der Waals surface area (Å²) in [5, 5.41) is 0. The molecule has 0 N–H and O–H groups in total. The molecule has 0 fully saturated rings. The van der Waals surface area contributed by atoms with Crippen molar-refractivity contribution in [1.82, 2.24) is 0 Å². The number of amides is 1. The van der Waals surface area contributed by atoms with Crippen molar-refractivity contribution in [3.8, 4) is 0 Å². The minimum Gasteiger partial charge on any atom is -0.309 e. The average Bonchev–Trinajstić information content (AvgIpc) is 2.63. The fourth-order valence-electron chi connectivity index (χ4n) is 3.96. The van der Waals surface area contributed by atoms with E-state index < -0.39 is 0 Å². The summed E-state index contributed by atoms with van der Waals surface area (Å²) >= 11 is 0. The van der Waals surface area contributed by atoms with Gasteiger partial charge in [0.1, 0.15) is 0 Å². The number of benzene rings is 1. The Labute approximate surface area is 115 Å². The van der Waals surface area contributed by atoms with Gasteiger partial charge in [-0.15, -0.1) is 0 Å². The fourth-order valence-corrected chi connectivity index (χ4v) is 3.96. The summed E-state index contributed by atoms with van der Waals surface area (Å²) in [7, 11) is 0. The lowest BCUT2D eigenvalue weighted by atomic mass is 9.76. The molecular weight excluding hydrogens is 234 g/mol. The van der Waals surface area contributed by atoms with Gasteiger partial charge in [-0.3, -0.25) is 4.79 Å². The summed E-state index contributed by atoms with van der Waals surface area (Å²) in [6.07, 6.45) is 3.04. The molecule has 0 bridgehead atoms. The van der Waals surface area contributed by atoms with Crippen LogP contribution >= 0.6 is 0 Å². The van der Waals surface area contributed by atoms with Crippen molar-refractivity contribution in [1.29, 1.82) is 0 Å². The highest BCUT2D eigenvalue weighted by atomic mass is 16.2. The molecule has 0 saturated carbocycles. The van der Waals surface area contributed by atoms with Gasteiger partial charge in [0.2, 0.25) is 5.91 Å². The first-order chi connectivity index (χ1) is 8.89. The standard InChI is InChI=1S/C17H23NO/c1-11-9-17(3,4)10-14-7-5-6-13-8-12(2)18(15(13)14)16(11)19/h5-7,11-12H,8-10H2,1-4H3. The lowest BCUT2D eigenvalue weighted by Crippen LogP contribution is -2.42. The number of nitrogens with zero attached hydrogens (tertiary/aromatic N) is 1. The van der Waals surface area contributed by atoms with Crippen molar-refractivity contribution in [3.63, 3.8) is 0 Å². The number of rotatable bonds is 0. The highest BCUT2D eigenvalue weighted by Crippen LogP contribution is 2.43. The Kier molecular flexibility index (Phi) is 2.74. The SMILES string of the molecule is CC1CC(C)(C)Cc2cccc3c2N(C1=O)C(C)C3. The van der Waals surface area contributed by atoms with Crippen molar-refractivity contribution in [2.24, 2.45) is 11.3 Å². The smallest absolute Gasteiger partial charge is 0.230 e. The Morgan fingerprint density at radius 1 is 1.21 bits per heavy atom. The van der Waals surface area contributed by atoms with Crippen molar-refractivity contribution in [2.75, 3.05) is 4.90 Å². The van der Waals surface area contributed by atoms with Gasteiger partial charge in [0.05, 0.1) is 5.69 Å². The summed E-state index contributed by atoms with van der Waals surface area (Å²) in [5.74, 6) is 0.434. The second-order valence-corrected chi connectivity index (χ2v) is 7.13. The number of anilines is 1. The first-order valence-corrected chi connectivity index (χ1v) is 7.33. The summed E-state index contributed by atoms with van der Waals surface area (Å²) in [6, 6.07) is 6.85. The maximum atomic E-state index is 12.7. The molecular formula is C17H23NO. The number of carbonyl (C=O) groups excluding carboxylic acids is 1. The van der Waals surface area contributed by atoms with Gasteiger partial charge in [-0.1, -0.05) is 39.0 Å². The predicted octanol–water partition coefficient (Wildman–Crippen LogP) is 3.57. The molecule has 1 amide bonds. The zero-order valence-electron chi connectivity index (χ0n) is 12.4. The molecule has 2 aliphatic rings. The molecule has 102 valence electrons. The molecule has 0 saturated heterocycles. The lowest BCUT2D eigenvalue weighted by molar-refractivity contribution is -0.123. The second kappa shape index (κ2) is 4.09. The van der Waals surface area contributed by atoms with E-state index in [9.17, 15) is 4.79 Å². The van der Waals surface area contributed by atoms with Crippen molar-refractivity contribution >= 4 is 11.6 Å². The minimum absolute atomic E-state index is 0.122. The number of carbonyl (C=O) groups is 1. The maximum absolute atomic E-state index is 12.7. The van der Waals surface area contributed by atoms with Crippen molar-refractivity contribution in [3.05, 3.63) is 29.3 Å². The van der Waals surface area contributed by atoms with Gasteiger partial charge in [0.15, 0.2) is 0 Å². The first kappa shape index (κ1) is 12.7. The third kappa shape index (κ3) is 1.98. The van der Waals surface area contributed by atoms with Crippen LogP contribution in [0.2, 0.25) is 0 Å². The third-order valence-corrected chi connectivity index (χ3v) is 4.59. The number of hydrogen-bond donors (Lipinski definition) is 0. The molecule has 2 heterocycles. The molecule has 19 heavy (non-hydrogen) atoms. The van der Waals surface area contributed by atoms with Crippen LogP contribution in [0.5, 0.6) is 0 Å². The van der Waals surface area contributed by atoms with Crippen LogP contribution in [0.4, 0.5) is 5.69 Å². The summed E-state index contributed by atoms with van der Waals surface area (Å²) in [4.78, 5) is 14.8. The second-order valence-electron chi connectivity index (χ2n) is 7.13. The van der Waals surface area contributed by atoms with E-state index in [4.69, 9.17) is 0 Å². The molecule has 0 aromatic heterocycles. The Hall–Kier alpha value is -1.31. The van der Waals surface area contributed by atoms with E-state index >= 15 is 0 Å². The Balaban J connectivity index is 2.17. The van der Waals surface area contributed by atoms with Crippen molar-refractivity contribution < 1.29 is 4.79 Å². The predicted molar refractivity (Wildman–Crippen MR) is 78.4 cm³/mol. The molecule has 1 aromatic carbocycles. The van der Waals surface area contributed by atoms with E-state index in [0.717, 1.165) is 19.3 Å². The Morgan fingerprint density at radius 3 is 2.63 bits per heavy atom. The van der Waals surface area contributed by atoms with Gasteiger partial charge in [-0.2, -0.15) is 0 Å². The molecule has 0 spiro atoms. The Morgan fingerprint density at radius 2 is 1.89 bits per heavy atom. The largest absolute Gasteiger partial charge is 0.309 e. The van der Waals surface area contributed by atoms with Crippen LogP contribution in [0.3, 0.4) is 0 Å². The monoisotopic (exact) mass is 257 g/mol. The number of para-hydroxylation sites is 1. The van der Waals surface area contributed by atoms with Crippen LogP contribution in [0.25, 0.3) is 0 Å². The highest BCUT2D eigenvalue weighted by Gasteiger charge is 2.39. The molecule has 2 unspecified atom stereocenters. The summed E-state index contributed by atoms with van der Waals surface area (Å²) in [5.41, 5.74) is 4.12. The highest BCUT2D eigenvalue weighted by molar-refractivity contribution is 5.98. The van der Waals surface area contributed by atoms with Gasteiger partial charge in [-0.05, 0) is 42.7 Å². The van der Waals surface area contributed by atoms with E-state index in [1.54, 1.807) is 0 Å². The van der Waals surface area contributed by atoms with E-state index in [1.807, 2.05) is 0 Å². The quantitative estimate of drug-likeness (QED) is 0.695. The molecule has 1 aromatic rings. The molecule has 2 aliphatic heterocycles. The van der Waals surface area contributed by atoms with Gasteiger partial charge >= 0.3 is 0 Å². The summed E-state index contributed by atoms with van der Waals surface area (Å²) < 4.78 is 0. The number of hydrogen-bond acceptors (Lipinski definition) is 1. The van der Waals surface area contributed by atoms with Crippen molar-refractivity contribution in [2.45, 2.75) is 53.0 Å². The van der Waals surface area contributed by atoms with E-state index in [-0.39, 0.29) is 11.3 Å². The van der Waals surface area contributed by atoms with Gasteiger partial charge in [0, 0.05) is 12.0 Å². The lowest BCUT2D eigenvalue weighted by Gasteiger charge is -2.36. The average molecular weight is 257 g/mol. The van der Waals surface area contributed by atoms with E-state index in [0.29, 0.717) is 11.9 Å². The summed E-state index contributed by atoms with van der Waals surface area (Å²) in [6.45, 7) is 8.82. The zero-order chi connectivity index (χ0) is 13.8. The maximum Gasteiger partial charge on any atom is 0.230 e. The van der Waals surface area contributed by atoms with Crippen LogP contribution in [0.15, 0.2) is 18.2 Å². The molecule has 0 aliphatic carbocycles. The topological polar surface area (TPSA) is 20.3 Å². The fraction of sp³-hybridized carbons (Fsp3) is 0.588. The molecule has 3 rings (SSSR count). The van der Waals surface area contributed by atoms with Gasteiger partial charge in [0.25, 0.3) is 0 Å². The molecule has 2 nitrogen and oxygen atoms in total. The van der Waals surface area contributed by atoms with Crippen LogP contribution in [0.1, 0.15) is 45.2 Å². The van der Waals surface area contributed by atoms with Crippen LogP contribution in [0, 0.1) is 11.3 Å². The zero-order valence-corrected chi connectivity index (χ0v) is 12.4. The molecule has 0 radical (unpaired) electrons. The van der Waals surface area contributed by atoms with E-state index in [1.165, 1.54) is 16.8 Å². The molecule has 2 atom stereocenters. The first-order valence-electron chi connectivity index (χ1n) is 7.33. The van der Waals surface area contributed by atoms with Gasteiger partial charge < -0.3 is 4.90 Å². The van der Waals surface area contributed by atoms with Crippen LogP contribution in [-0.4, -0.2) is 11.9 Å².